The third-order valence-electron chi connectivity index (χ3n) is 3.91. The van der Waals surface area contributed by atoms with Crippen molar-refractivity contribution in [2.75, 3.05) is 6.61 Å². The van der Waals surface area contributed by atoms with E-state index in [0.717, 1.165) is 18.3 Å². The van der Waals surface area contributed by atoms with E-state index in [1.165, 1.54) is 12.8 Å². The maximum absolute atomic E-state index is 10.1. The Bertz CT molecular complexity index is 203. The summed E-state index contributed by atoms with van der Waals surface area (Å²) in [5, 5.41) is 19.1. The monoisotopic (exact) mass is 258 g/mol. The van der Waals surface area contributed by atoms with Gasteiger partial charge >= 0.3 is 0 Å². The Kier molecular flexibility index (Phi) is 8.89. The lowest BCUT2D eigenvalue weighted by Crippen LogP contribution is -2.29. The highest BCUT2D eigenvalue weighted by Crippen LogP contribution is 2.26. The first kappa shape index (κ1) is 17.9. The highest BCUT2D eigenvalue weighted by Gasteiger charge is 2.23. The zero-order chi connectivity index (χ0) is 14.3. The first-order chi connectivity index (χ1) is 8.27. The molecule has 0 heterocycles. The second-order valence-corrected chi connectivity index (χ2v) is 6.94. The third-order valence-corrected chi connectivity index (χ3v) is 3.91. The smallest absolute Gasteiger partial charge is 0.0613 e. The van der Waals surface area contributed by atoms with Gasteiger partial charge in [0.1, 0.15) is 0 Å². The predicted molar refractivity (Wildman–Crippen MR) is 78.4 cm³/mol. The molecule has 110 valence electrons. The van der Waals surface area contributed by atoms with Gasteiger partial charge in [-0.2, -0.15) is 0 Å². The summed E-state index contributed by atoms with van der Waals surface area (Å²) in [4.78, 5) is 0. The quantitative estimate of drug-likeness (QED) is 0.662. The van der Waals surface area contributed by atoms with Crippen LogP contribution in [-0.4, -0.2) is 22.9 Å². The van der Waals surface area contributed by atoms with Crippen molar-refractivity contribution in [3.8, 4) is 0 Å². The molecular weight excluding hydrogens is 224 g/mol. The van der Waals surface area contributed by atoms with Crippen molar-refractivity contribution in [3.05, 3.63) is 0 Å². The van der Waals surface area contributed by atoms with E-state index in [9.17, 15) is 5.11 Å². The summed E-state index contributed by atoms with van der Waals surface area (Å²) in [6.07, 6.45) is 3.20. The maximum Gasteiger partial charge on any atom is 0.0613 e. The number of aliphatic hydroxyl groups excluding tert-OH is 2. The molecule has 0 amide bonds. The van der Waals surface area contributed by atoms with Gasteiger partial charge in [-0.1, -0.05) is 41.5 Å². The van der Waals surface area contributed by atoms with Gasteiger partial charge in [-0.05, 0) is 42.9 Å². The van der Waals surface area contributed by atoms with E-state index in [1.807, 2.05) is 6.92 Å². The molecule has 0 spiro atoms. The Morgan fingerprint density at radius 1 is 0.722 bits per heavy atom. The van der Waals surface area contributed by atoms with E-state index >= 15 is 0 Å². The molecule has 2 nitrogen and oxygen atoms in total. The van der Waals surface area contributed by atoms with Crippen LogP contribution in [0.4, 0.5) is 0 Å². The average molecular weight is 258 g/mol. The number of hydrogen-bond donors (Lipinski definition) is 2. The van der Waals surface area contributed by atoms with Gasteiger partial charge in [-0.15, -0.1) is 0 Å². The first-order valence-corrected chi connectivity index (χ1v) is 7.56. The van der Waals surface area contributed by atoms with Crippen LogP contribution in [0.25, 0.3) is 0 Å². The molecule has 0 unspecified atom stereocenters. The summed E-state index contributed by atoms with van der Waals surface area (Å²) in [5.74, 6) is 2.44. The SMILES string of the molecule is CC(C)C[C@H](C)C[C@H](C)C[C@H](C)[C@@H](O)[C@@H](C)CO. The fourth-order valence-corrected chi connectivity index (χ4v) is 3.13. The number of aliphatic hydroxyl groups is 2. The molecule has 0 saturated carbocycles. The Morgan fingerprint density at radius 2 is 1.22 bits per heavy atom. The summed E-state index contributed by atoms with van der Waals surface area (Å²) >= 11 is 0. The minimum absolute atomic E-state index is 0.0136. The zero-order valence-electron chi connectivity index (χ0n) is 13.2. The highest BCUT2D eigenvalue weighted by atomic mass is 16.3. The Morgan fingerprint density at radius 3 is 1.67 bits per heavy atom. The summed E-state index contributed by atoms with van der Waals surface area (Å²) in [6.45, 7) is 13.2. The van der Waals surface area contributed by atoms with Crippen LogP contribution in [0.5, 0.6) is 0 Å². The highest BCUT2D eigenvalue weighted by molar-refractivity contribution is 4.73. The van der Waals surface area contributed by atoms with Crippen LogP contribution >= 0.6 is 0 Å². The van der Waals surface area contributed by atoms with Crippen molar-refractivity contribution in [1.82, 2.24) is 0 Å². The zero-order valence-corrected chi connectivity index (χ0v) is 13.2. The molecule has 0 radical (unpaired) electrons. The topological polar surface area (TPSA) is 40.5 Å². The van der Waals surface area contributed by atoms with Crippen molar-refractivity contribution in [3.63, 3.8) is 0 Å². The minimum Gasteiger partial charge on any atom is -0.396 e. The molecule has 0 bridgehead atoms. The molecule has 0 aromatic heterocycles. The lowest BCUT2D eigenvalue weighted by Gasteiger charge is -2.27. The Labute approximate surface area is 114 Å². The summed E-state index contributed by atoms with van der Waals surface area (Å²) in [6, 6.07) is 0. The van der Waals surface area contributed by atoms with Crippen LogP contribution in [0, 0.1) is 29.6 Å². The normalized spacial score (nSPS) is 20.5. The van der Waals surface area contributed by atoms with Gasteiger partial charge in [-0.3, -0.25) is 0 Å². The molecule has 0 saturated heterocycles. The van der Waals surface area contributed by atoms with E-state index < -0.39 is 0 Å². The molecule has 0 aromatic carbocycles. The van der Waals surface area contributed by atoms with E-state index in [0.29, 0.717) is 5.92 Å². The van der Waals surface area contributed by atoms with Gasteiger partial charge in [-0.25, -0.2) is 0 Å². The van der Waals surface area contributed by atoms with E-state index in [4.69, 9.17) is 5.11 Å². The predicted octanol–water partition coefficient (Wildman–Crippen LogP) is 3.71. The second-order valence-electron chi connectivity index (χ2n) is 6.94. The molecule has 5 atom stereocenters. The number of hydrogen-bond acceptors (Lipinski definition) is 2. The molecular formula is C16H34O2. The molecule has 2 N–H and O–H groups in total. The first-order valence-electron chi connectivity index (χ1n) is 7.56. The van der Waals surface area contributed by atoms with Crippen molar-refractivity contribution in [2.24, 2.45) is 29.6 Å². The molecule has 0 fully saturated rings. The van der Waals surface area contributed by atoms with Crippen molar-refractivity contribution in [2.45, 2.75) is 66.9 Å². The van der Waals surface area contributed by atoms with Crippen LogP contribution in [-0.2, 0) is 0 Å². The van der Waals surface area contributed by atoms with E-state index in [-0.39, 0.29) is 24.5 Å². The minimum atomic E-state index is -0.377. The fraction of sp³-hybridized carbons (Fsp3) is 1.00. The molecule has 0 aliphatic carbocycles. The van der Waals surface area contributed by atoms with E-state index in [2.05, 4.69) is 34.6 Å². The third kappa shape index (κ3) is 7.38. The van der Waals surface area contributed by atoms with Crippen LogP contribution < -0.4 is 0 Å². The van der Waals surface area contributed by atoms with Crippen molar-refractivity contribution >= 4 is 0 Å². The van der Waals surface area contributed by atoms with Crippen LogP contribution in [0.2, 0.25) is 0 Å². The second kappa shape index (κ2) is 8.92. The van der Waals surface area contributed by atoms with Crippen LogP contribution in [0.3, 0.4) is 0 Å². The summed E-state index contributed by atoms with van der Waals surface area (Å²) < 4.78 is 0. The van der Waals surface area contributed by atoms with Gasteiger partial charge in [0.15, 0.2) is 0 Å². The fourth-order valence-electron chi connectivity index (χ4n) is 3.13. The van der Waals surface area contributed by atoms with Crippen LogP contribution in [0.15, 0.2) is 0 Å². The average Bonchev–Trinajstić information content (AvgIpc) is 2.25. The van der Waals surface area contributed by atoms with Crippen molar-refractivity contribution < 1.29 is 10.2 Å². The standard InChI is InChI=1S/C16H34O2/c1-11(2)7-12(3)8-13(4)9-14(5)16(18)15(6)10-17/h11-18H,7-10H2,1-6H3/t12-,13-,14-,15-,16+/m0/s1. The Balaban J connectivity index is 4.03. The van der Waals surface area contributed by atoms with Crippen molar-refractivity contribution in [1.29, 1.82) is 0 Å². The lowest BCUT2D eigenvalue weighted by molar-refractivity contribution is 0.0278. The molecule has 0 aliphatic heterocycles. The summed E-state index contributed by atoms with van der Waals surface area (Å²) in [7, 11) is 0. The molecule has 18 heavy (non-hydrogen) atoms. The van der Waals surface area contributed by atoms with Gasteiger partial charge in [0.25, 0.3) is 0 Å². The molecule has 0 aromatic rings. The maximum atomic E-state index is 10.1. The number of rotatable bonds is 9. The molecule has 0 aliphatic rings. The Hall–Kier alpha value is -0.0800. The van der Waals surface area contributed by atoms with Gasteiger partial charge in [0, 0.05) is 12.5 Å². The van der Waals surface area contributed by atoms with Gasteiger partial charge in [0.2, 0.25) is 0 Å². The largest absolute Gasteiger partial charge is 0.396 e. The summed E-state index contributed by atoms with van der Waals surface area (Å²) in [5.41, 5.74) is 0. The van der Waals surface area contributed by atoms with Gasteiger partial charge < -0.3 is 10.2 Å². The van der Waals surface area contributed by atoms with E-state index in [1.54, 1.807) is 0 Å². The van der Waals surface area contributed by atoms with Crippen LogP contribution in [0.1, 0.15) is 60.8 Å². The van der Waals surface area contributed by atoms with Gasteiger partial charge in [0.05, 0.1) is 6.10 Å². The molecule has 2 heteroatoms. The lowest BCUT2D eigenvalue weighted by atomic mass is 9.82. The molecule has 0 rings (SSSR count).